The van der Waals surface area contributed by atoms with Crippen LogP contribution in [0.5, 0.6) is 0 Å². The molecule has 0 amide bonds. The van der Waals surface area contributed by atoms with Crippen LogP contribution in [0.25, 0.3) is 0 Å². The lowest BCUT2D eigenvalue weighted by Gasteiger charge is -2.22. The van der Waals surface area contributed by atoms with Crippen LogP contribution in [0.15, 0.2) is 12.1 Å². The van der Waals surface area contributed by atoms with Gasteiger partial charge in [-0.3, -0.25) is 0 Å². The number of hydrogen-bond acceptors (Lipinski definition) is 3. The lowest BCUT2D eigenvalue weighted by Crippen LogP contribution is -2.35. The molecule has 1 aliphatic carbocycles. The third-order valence-corrected chi connectivity index (χ3v) is 3.28. The topological polar surface area (TPSA) is 28.2 Å². The summed E-state index contributed by atoms with van der Waals surface area (Å²) < 4.78 is 0. The van der Waals surface area contributed by atoms with Gasteiger partial charge in [-0.2, -0.15) is 0 Å². The number of hydrogen-bond donors (Lipinski definition) is 1. The van der Waals surface area contributed by atoms with Crippen molar-refractivity contribution < 1.29 is 0 Å². The number of aromatic nitrogens is 1. The summed E-state index contributed by atoms with van der Waals surface area (Å²) in [7, 11) is 2.15. The number of aryl methyl sites for hydroxylation is 1. The summed E-state index contributed by atoms with van der Waals surface area (Å²) in [6.07, 6.45) is 2.61. The van der Waals surface area contributed by atoms with Crippen molar-refractivity contribution in [2.45, 2.75) is 58.7 Å². The molecule has 2 rings (SSSR count). The lowest BCUT2D eigenvalue weighted by molar-refractivity contribution is 0.424. The smallest absolute Gasteiger partial charge is 0.129 e. The van der Waals surface area contributed by atoms with Gasteiger partial charge in [0.25, 0.3) is 0 Å². The van der Waals surface area contributed by atoms with Gasteiger partial charge in [-0.1, -0.05) is 0 Å². The molecule has 1 N–H and O–H groups in total. The Morgan fingerprint density at radius 1 is 1.33 bits per heavy atom. The van der Waals surface area contributed by atoms with Crippen LogP contribution in [0, 0.1) is 6.92 Å². The fourth-order valence-corrected chi connectivity index (χ4v) is 2.02. The van der Waals surface area contributed by atoms with Crippen LogP contribution in [0.1, 0.15) is 44.9 Å². The van der Waals surface area contributed by atoms with Gasteiger partial charge >= 0.3 is 0 Å². The molecule has 1 aliphatic rings. The second-order valence-corrected chi connectivity index (χ2v) is 6.42. The Balaban J connectivity index is 2.10. The maximum Gasteiger partial charge on any atom is 0.129 e. The SMILES string of the molecule is Cc1cc(CNC(C)(C)C)cc(N(C)C2CC2)n1. The minimum Gasteiger partial charge on any atom is -0.357 e. The summed E-state index contributed by atoms with van der Waals surface area (Å²) in [4.78, 5) is 6.95. The van der Waals surface area contributed by atoms with Gasteiger partial charge < -0.3 is 10.2 Å². The van der Waals surface area contributed by atoms with Crippen LogP contribution in [-0.2, 0) is 6.54 Å². The molecule has 0 unspecified atom stereocenters. The van der Waals surface area contributed by atoms with Crippen LogP contribution >= 0.6 is 0 Å². The minimum absolute atomic E-state index is 0.153. The maximum atomic E-state index is 4.64. The molecule has 0 atom stereocenters. The normalized spacial score (nSPS) is 15.8. The Morgan fingerprint density at radius 3 is 2.56 bits per heavy atom. The van der Waals surface area contributed by atoms with Crippen LogP contribution < -0.4 is 10.2 Å². The van der Waals surface area contributed by atoms with E-state index in [-0.39, 0.29) is 5.54 Å². The van der Waals surface area contributed by atoms with E-state index in [2.05, 4.69) is 62.1 Å². The fraction of sp³-hybridized carbons (Fsp3) is 0.667. The zero-order valence-electron chi connectivity index (χ0n) is 12.2. The zero-order valence-corrected chi connectivity index (χ0v) is 12.2. The second-order valence-electron chi connectivity index (χ2n) is 6.42. The van der Waals surface area contributed by atoms with E-state index >= 15 is 0 Å². The van der Waals surface area contributed by atoms with E-state index in [9.17, 15) is 0 Å². The van der Waals surface area contributed by atoms with E-state index < -0.39 is 0 Å². The van der Waals surface area contributed by atoms with E-state index in [1.54, 1.807) is 0 Å². The molecule has 1 saturated carbocycles. The van der Waals surface area contributed by atoms with Crippen LogP contribution in [0.4, 0.5) is 5.82 Å². The van der Waals surface area contributed by atoms with Gasteiger partial charge in [0.1, 0.15) is 5.82 Å². The Labute approximate surface area is 111 Å². The highest BCUT2D eigenvalue weighted by molar-refractivity contribution is 5.44. The third-order valence-electron chi connectivity index (χ3n) is 3.28. The maximum absolute atomic E-state index is 4.64. The molecule has 0 saturated heterocycles. The molecule has 1 heterocycles. The van der Waals surface area contributed by atoms with Crippen LogP contribution in [0.2, 0.25) is 0 Å². The first-order chi connectivity index (χ1) is 8.35. The number of nitrogens with zero attached hydrogens (tertiary/aromatic N) is 2. The van der Waals surface area contributed by atoms with Gasteiger partial charge in [0.15, 0.2) is 0 Å². The van der Waals surface area contributed by atoms with E-state index in [0.717, 1.165) is 18.1 Å². The largest absolute Gasteiger partial charge is 0.357 e. The van der Waals surface area contributed by atoms with E-state index in [4.69, 9.17) is 0 Å². The number of nitrogens with one attached hydrogen (secondary N) is 1. The lowest BCUT2D eigenvalue weighted by atomic mass is 10.1. The van der Waals surface area contributed by atoms with E-state index in [1.807, 2.05) is 0 Å². The predicted molar refractivity (Wildman–Crippen MR) is 77.0 cm³/mol. The first kappa shape index (κ1) is 13.3. The van der Waals surface area contributed by atoms with Gasteiger partial charge in [-0.15, -0.1) is 0 Å². The molecule has 0 aromatic carbocycles. The highest BCUT2D eigenvalue weighted by atomic mass is 15.2. The van der Waals surface area contributed by atoms with Gasteiger partial charge in [0, 0.05) is 30.9 Å². The van der Waals surface area contributed by atoms with Crippen molar-refractivity contribution in [3.8, 4) is 0 Å². The standard InChI is InChI=1S/C15H25N3/c1-11-8-12(10-16-15(2,3)4)9-14(17-11)18(5)13-6-7-13/h8-9,13,16H,6-7,10H2,1-5H3. The summed E-state index contributed by atoms with van der Waals surface area (Å²) in [6, 6.07) is 5.09. The molecule has 1 aromatic rings. The Kier molecular flexibility index (Phi) is 3.62. The third kappa shape index (κ3) is 3.70. The van der Waals surface area contributed by atoms with Crippen molar-refractivity contribution in [2.75, 3.05) is 11.9 Å². The highest BCUT2D eigenvalue weighted by Crippen LogP contribution is 2.29. The Morgan fingerprint density at radius 2 is 2.00 bits per heavy atom. The number of anilines is 1. The first-order valence-corrected chi connectivity index (χ1v) is 6.80. The summed E-state index contributed by atoms with van der Waals surface area (Å²) in [5.41, 5.74) is 2.57. The van der Waals surface area contributed by atoms with E-state index in [1.165, 1.54) is 18.4 Å². The second kappa shape index (κ2) is 4.88. The molecular weight excluding hydrogens is 222 g/mol. The molecule has 0 radical (unpaired) electrons. The van der Waals surface area contributed by atoms with Crippen LogP contribution in [0.3, 0.4) is 0 Å². The molecule has 18 heavy (non-hydrogen) atoms. The van der Waals surface area contributed by atoms with Crippen molar-refractivity contribution in [2.24, 2.45) is 0 Å². The first-order valence-electron chi connectivity index (χ1n) is 6.80. The Bertz CT molecular complexity index is 416. The monoisotopic (exact) mass is 247 g/mol. The molecule has 1 fully saturated rings. The average molecular weight is 247 g/mol. The van der Waals surface area contributed by atoms with E-state index in [0.29, 0.717) is 6.04 Å². The van der Waals surface area contributed by atoms with Gasteiger partial charge in [0.2, 0.25) is 0 Å². The number of rotatable bonds is 4. The summed E-state index contributed by atoms with van der Waals surface area (Å²) in [5.74, 6) is 1.11. The molecule has 1 aromatic heterocycles. The van der Waals surface area contributed by atoms with Gasteiger partial charge in [-0.25, -0.2) is 4.98 Å². The van der Waals surface area contributed by atoms with Crippen molar-refractivity contribution >= 4 is 5.82 Å². The number of pyridine rings is 1. The minimum atomic E-state index is 0.153. The molecule has 0 bridgehead atoms. The van der Waals surface area contributed by atoms with Crippen LogP contribution in [-0.4, -0.2) is 23.6 Å². The fourth-order valence-electron chi connectivity index (χ4n) is 2.02. The average Bonchev–Trinajstić information content (AvgIpc) is 3.07. The highest BCUT2D eigenvalue weighted by Gasteiger charge is 2.27. The van der Waals surface area contributed by atoms with Crippen molar-refractivity contribution in [1.82, 2.24) is 10.3 Å². The molecule has 3 heteroatoms. The summed E-state index contributed by atoms with van der Waals surface area (Å²) >= 11 is 0. The molecule has 100 valence electrons. The van der Waals surface area contributed by atoms with Crippen molar-refractivity contribution in [3.05, 3.63) is 23.4 Å². The zero-order chi connectivity index (χ0) is 13.3. The Hall–Kier alpha value is -1.09. The summed E-state index contributed by atoms with van der Waals surface area (Å²) in [5, 5.41) is 3.53. The van der Waals surface area contributed by atoms with Crippen molar-refractivity contribution in [1.29, 1.82) is 0 Å². The molecule has 3 nitrogen and oxygen atoms in total. The van der Waals surface area contributed by atoms with Gasteiger partial charge in [0.05, 0.1) is 0 Å². The van der Waals surface area contributed by atoms with Gasteiger partial charge in [-0.05, 0) is 58.2 Å². The predicted octanol–water partition coefficient (Wildman–Crippen LogP) is 2.88. The molecule has 0 spiro atoms. The molecular formula is C15H25N3. The summed E-state index contributed by atoms with van der Waals surface area (Å²) in [6.45, 7) is 9.55. The molecule has 0 aliphatic heterocycles. The quantitative estimate of drug-likeness (QED) is 0.886. The van der Waals surface area contributed by atoms with Crippen molar-refractivity contribution in [3.63, 3.8) is 0 Å².